The van der Waals surface area contributed by atoms with Crippen LogP contribution in [0.3, 0.4) is 0 Å². The highest BCUT2D eigenvalue weighted by Crippen LogP contribution is 2.37. The minimum Gasteiger partial charge on any atom is -0.848 e. The zero-order chi connectivity index (χ0) is 38.0. The van der Waals surface area contributed by atoms with Crippen LogP contribution in [0.25, 0.3) is 0 Å². The molecule has 2 rings (SSSR count). The highest BCUT2D eigenvalue weighted by Gasteiger charge is 2.43. The lowest BCUT2D eigenvalue weighted by Crippen LogP contribution is -2.54. The second-order valence-electron chi connectivity index (χ2n) is 11.2. The predicted molar refractivity (Wildman–Crippen MR) is 148 cm³/mol. The van der Waals surface area contributed by atoms with Gasteiger partial charge in [-0.1, -0.05) is 12.2 Å². The Labute approximate surface area is 277 Å². The topological polar surface area (TPSA) is 432 Å². The summed E-state index contributed by atoms with van der Waals surface area (Å²) in [6, 6.07) is 0. The SMILES string of the molecule is O=S(=O)=O.O=S(=O)=O.[O-][C@@H]([C@H](O)[C@H](O)CO)[C@@H](O)C[C@@H]1C[C@@H](O)[C@H](O)[C@H]1CO.[O-][C@@H]([C@H](O)[C@H](O)CO)[C@@H](O)C[C@H]1C[C@H](O)[C@@H](O)[C@@H]1CO. The van der Waals surface area contributed by atoms with Gasteiger partial charge in [-0.2, -0.15) is 0 Å². The Morgan fingerprint density at radius 2 is 0.771 bits per heavy atom. The van der Waals surface area contributed by atoms with Crippen molar-refractivity contribution in [2.24, 2.45) is 23.7 Å². The van der Waals surface area contributed by atoms with E-state index in [0.717, 1.165) is 0 Å². The highest BCUT2D eigenvalue weighted by atomic mass is 32.2. The Morgan fingerprint density at radius 1 is 0.521 bits per heavy atom. The fraction of sp³-hybridized carbons (Fsp3) is 1.00. The molecule has 48 heavy (non-hydrogen) atoms. The predicted octanol–water partition coefficient (Wildman–Crippen LogP) is -10.9. The quantitative estimate of drug-likeness (QED) is 0.0783. The van der Waals surface area contributed by atoms with Gasteiger partial charge in [-0.25, -0.2) is 0 Å². The van der Waals surface area contributed by atoms with E-state index in [2.05, 4.69) is 0 Å². The minimum absolute atomic E-state index is 0.122. The van der Waals surface area contributed by atoms with Gasteiger partial charge in [-0.15, -0.1) is 25.3 Å². The first-order valence-electron chi connectivity index (χ1n) is 14.2. The molecule has 0 saturated heterocycles. The van der Waals surface area contributed by atoms with Crippen LogP contribution in [-0.4, -0.2) is 196 Å². The molecule has 0 radical (unpaired) electrons. The molecule has 0 bridgehead atoms. The van der Waals surface area contributed by atoms with E-state index in [1.54, 1.807) is 0 Å². The molecule has 2 saturated carbocycles. The van der Waals surface area contributed by atoms with Crippen LogP contribution >= 0.6 is 0 Å². The minimum atomic E-state index is -3.11. The summed E-state index contributed by atoms with van der Waals surface area (Å²) in [5, 5.41) is 154. The maximum atomic E-state index is 11.7. The second kappa shape index (κ2) is 24.7. The maximum Gasteiger partial charge on any atom is 0.425 e. The van der Waals surface area contributed by atoms with Gasteiger partial charge in [0, 0.05) is 37.3 Å². The van der Waals surface area contributed by atoms with Gasteiger partial charge < -0.3 is 81.7 Å². The number of aliphatic hydroxyl groups is 14. The Bertz CT molecular complexity index is 982. The van der Waals surface area contributed by atoms with Crippen molar-refractivity contribution >= 4 is 21.2 Å². The Hall–Kier alpha value is -1.40. The lowest BCUT2D eigenvalue weighted by atomic mass is 9.87. The van der Waals surface area contributed by atoms with Crippen molar-refractivity contribution in [3.05, 3.63) is 0 Å². The molecular formula is C24H46O22S2-2. The van der Waals surface area contributed by atoms with Crippen LogP contribution < -0.4 is 10.2 Å². The van der Waals surface area contributed by atoms with Crippen molar-refractivity contribution in [2.45, 2.75) is 98.9 Å². The van der Waals surface area contributed by atoms with Crippen molar-refractivity contribution in [1.29, 1.82) is 0 Å². The first-order valence-corrected chi connectivity index (χ1v) is 16.2. The average molecular weight is 751 g/mol. The number of aliphatic hydroxyl groups excluding tert-OH is 14. The summed E-state index contributed by atoms with van der Waals surface area (Å²) in [6.45, 7) is -2.37. The van der Waals surface area contributed by atoms with E-state index in [-0.39, 0.29) is 38.9 Å². The molecule has 0 spiro atoms. The molecule has 0 aromatic heterocycles. The third-order valence-corrected chi connectivity index (χ3v) is 8.07. The summed E-state index contributed by atoms with van der Waals surface area (Å²) < 4.78 is 50.7. The van der Waals surface area contributed by atoms with Crippen LogP contribution in [0.1, 0.15) is 25.7 Å². The molecule has 0 unspecified atom stereocenters. The van der Waals surface area contributed by atoms with E-state index < -0.39 is 131 Å². The van der Waals surface area contributed by atoms with Gasteiger partial charge in [0.2, 0.25) is 0 Å². The Morgan fingerprint density at radius 3 is 0.979 bits per heavy atom. The molecule has 14 N–H and O–H groups in total. The van der Waals surface area contributed by atoms with Gasteiger partial charge in [0.15, 0.2) is 0 Å². The number of hydrogen-bond donors (Lipinski definition) is 14. The molecule has 0 aliphatic heterocycles. The number of rotatable bonds is 14. The molecule has 16 atom stereocenters. The Balaban J connectivity index is 0. The van der Waals surface area contributed by atoms with Crippen molar-refractivity contribution < 1.29 is 107 Å². The lowest BCUT2D eigenvalue weighted by molar-refractivity contribution is -0.460. The smallest absolute Gasteiger partial charge is 0.425 e. The van der Waals surface area contributed by atoms with Crippen LogP contribution in [0.15, 0.2) is 0 Å². The fourth-order valence-electron chi connectivity index (χ4n) is 5.43. The van der Waals surface area contributed by atoms with Gasteiger partial charge in [0.25, 0.3) is 0 Å². The van der Waals surface area contributed by atoms with Gasteiger partial charge in [0.05, 0.1) is 49.8 Å². The highest BCUT2D eigenvalue weighted by molar-refractivity contribution is 7.59. The molecule has 22 nitrogen and oxygen atoms in total. The molecule has 2 aliphatic carbocycles. The molecule has 0 aromatic carbocycles. The van der Waals surface area contributed by atoms with Crippen LogP contribution in [0.2, 0.25) is 0 Å². The zero-order valence-electron chi connectivity index (χ0n) is 25.2. The molecule has 0 amide bonds. The Kier molecular flexibility index (Phi) is 25.1. The molecule has 0 heterocycles. The molecular weight excluding hydrogens is 704 g/mol. The summed E-state index contributed by atoms with van der Waals surface area (Å²) in [4.78, 5) is 0. The molecule has 0 aromatic rings. The standard InChI is InChI=1S/2C12H23O8.2O3S/c2*13-3-6-5(1-7(15)10(6)18)2-8(16)11(19)12(20)9(17)4-14;2*1-4(2)3/h2*5-18,20H,1-4H2;;/q2*-1;;/t5-,6-,7+,8+,9-,10+,11-,12-;5-,6-,7+,8-,9+,10+,11+,12+;;/m10../s1. The third kappa shape index (κ3) is 17.0. The summed E-state index contributed by atoms with van der Waals surface area (Å²) in [5.74, 6) is -2.22. The summed E-state index contributed by atoms with van der Waals surface area (Å²) in [5.41, 5.74) is 0. The second-order valence-corrected chi connectivity index (χ2v) is 12.0. The maximum absolute atomic E-state index is 11.7. The van der Waals surface area contributed by atoms with Crippen molar-refractivity contribution in [2.75, 3.05) is 26.4 Å². The zero-order valence-corrected chi connectivity index (χ0v) is 26.9. The molecule has 288 valence electrons. The van der Waals surface area contributed by atoms with Crippen LogP contribution in [0, 0.1) is 23.7 Å². The average Bonchev–Trinajstić information content (AvgIpc) is 3.44. The van der Waals surface area contributed by atoms with Crippen LogP contribution in [0.5, 0.6) is 0 Å². The van der Waals surface area contributed by atoms with Gasteiger partial charge >= 0.3 is 21.2 Å². The summed E-state index contributed by atoms with van der Waals surface area (Å²) in [6.07, 6.45) is -18.1. The number of hydrogen-bond acceptors (Lipinski definition) is 22. The van der Waals surface area contributed by atoms with E-state index in [1.807, 2.05) is 0 Å². The normalized spacial score (nSPS) is 31.5. The van der Waals surface area contributed by atoms with Gasteiger partial charge in [0.1, 0.15) is 12.2 Å². The van der Waals surface area contributed by atoms with E-state index in [9.17, 15) is 51.1 Å². The monoisotopic (exact) mass is 750 g/mol. The summed E-state index contributed by atoms with van der Waals surface area (Å²) >= 11 is 0. The molecule has 2 aliphatic rings. The van der Waals surface area contributed by atoms with Crippen molar-refractivity contribution in [3.63, 3.8) is 0 Å². The van der Waals surface area contributed by atoms with E-state index in [4.69, 9.17) is 55.9 Å². The van der Waals surface area contributed by atoms with Crippen molar-refractivity contribution in [3.8, 4) is 0 Å². The largest absolute Gasteiger partial charge is 0.848 e. The lowest BCUT2D eigenvalue weighted by Gasteiger charge is -2.36. The third-order valence-electron chi connectivity index (χ3n) is 8.07. The van der Waals surface area contributed by atoms with E-state index >= 15 is 0 Å². The van der Waals surface area contributed by atoms with Crippen molar-refractivity contribution in [1.82, 2.24) is 0 Å². The molecule has 24 heteroatoms. The molecule has 2 fully saturated rings. The summed E-state index contributed by atoms with van der Waals surface area (Å²) in [7, 11) is -6.22. The van der Waals surface area contributed by atoms with Gasteiger partial charge in [-0.05, 0) is 37.5 Å². The van der Waals surface area contributed by atoms with Crippen LogP contribution in [0.4, 0.5) is 0 Å². The van der Waals surface area contributed by atoms with E-state index in [0.29, 0.717) is 0 Å². The van der Waals surface area contributed by atoms with E-state index in [1.165, 1.54) is 0 Å². The van der Waals surface area contributed by atoms with Gasteiger partial charge in [-0.3, -0.25) is 0 Å². The first kappa shape index (κ1) is 48.7. The first-order chi connectivity index (χ1) is 22.1. The van der Waals surface area contributed by atoms with Crippen LogP contribution in [-0.2, 0) is 21.2 Å². The fourth-order valence-corrected chi connectivity index (χ4v) is 5.43.